The molecule has 0 atom stereocenters. The Labute approximate surface area is 161 Å². The largest absolute Gasteiger partial charge is 0.354 e. The molecule has 6 nitrogen and oxygen atoms in total. The standard InChI is InChI=1S/C21H19FN4O2/c1-14(27)25-17-3-2-4-18(11-17)26-19-9-10-20(23-13-19)21(28)24-12-15-5-7-16(22)8-6-15/h2-11,13,26H,12H2,1H3,(H,24,28)(H,25,27). The number of carbonyl (C=O) groups excluding carboxylic acids is 2. The van der Waals surface area contributed by atoms with Crippen LogP contribution in [0.25, 0.3) is 0 Å². The van der Waals surface area contributed by atoms with E-state index in [0.29, 0.717) is 11.4 Å². The van der Waals surface area contributed by atoms with E-state index in [1.807, 2.05) is 12.1 Å². The van der Waals surface area contributed by atoms with E-state index in [1.165, 1.54) is 19.1 Å². The van der Waals surface area contributed by atoms with Crippen molar-refractivity contribution in [2.24, 2.45) is 0 Å². The molecule has 142 valence electrons. The number of pyridine rings is 1. The van der Waals surface area contributed by atoms with Gasteiger partial charge in [-0.3, -0.25) is 9.59 Å². The predicted molar refractivity (Wildman–Crippen MR) is 106 cm³/mol. The Morgan fingerprint density at radius 2 is 1.71 bits per heavy atom. The first kappa shape index (κ1) is 19.0. The zero-order valence-electron chi connectivity index (χ0n) is 15.2. The Kier molecular flexibility index (Phi) is 5.96. The quantitative estimate of drug-likeness (QED) is 0.608. The molecule has 0 saturated carbocycles. The summed E-state index contributed by atoms with van der Waals surface area (Å²) in [6.07, 6.45) is 1.55. The van der Waals surface area contributed by atoms with Gasteiger partial charge in [0.15, 0.2) is 0 Å². The molecule has 0 aliphatic carbocycles. The van der Waals surface area contributed by atoms with Gasteiger partial charge in [-0.2, -0.15) is 0 Å². The first-order valence-electron chi connectivity index (χ1n) is 8.63. The molecule has 2 aromatic carbocycles. The van der Waals surface area contributed by atoms with Crippen molar-refractivity contribution in [3.8, 4) is 0 Å². The highest BCUT2D eigenvalue weighted by molar-refractivity contribution is 5.92. The average molecular weight is 378 g/mol. The maximum atomic E-state index is 12.9. The van der Waals surface area contributed by atoms with Crippen LogP contribution in [0.15, 0.2) is 66.9 Å². The lowest BCUT2D eigenvalue weighted by atomic mass is 10.2. The molecule has 3 rings (SSSR count). The number of carbonyl (C=O) groups is 2. The van der Waals surface area contributed by atoms with E-state index in [2.05, 4.69) is 20.9 Å². The van der Waals surface area contributed by atoms with E-state index in [9.17, 15) is 14.0 Å². The molecular weight excluding hydrogens is 359 g/mol. The minimum Gasteiger partial charge on any atom is -0.354 e. The summed E-state index contributed by atoms with van der Waals surface area (Å²) >= 11 is 0. The van der Waals surface area contributed by atoms with E-state index in [1.54, 1.807) is 42.6 Å². The first-order valence-corrected chi connectivity index (χ1v) is 8.63. The van der Waals surface area contributed by atoms with E-state index in [4.69, 9.17) is 0 Å². The Hall–Kier alpha value is -3.74. The van der Waals surface area contributed by atoms with Gasteiger partial charge in [-0.1, -0.05) is 18.2 Å². The highest BCUT2D eigenvalue weighted by atomic mass is 19.1. The maximum absolute atomic E-state index is 12.9. The summed E-state index contributed by atoms with van der Waals surface area (Å²) in [5, 5.41) is 8.63. The van der Waals surface area contributed by atoms with Crippen LogP contribution in [0.2, 0.25) is 0 Å². The zero-order valence-corrected chi connectivity index (χ0v) is 15.2. The second-order valence-electron chi connectivity index (χ2n) is 6.13. The molecule has 0 bridgehead atoms. The van der Waals surface area contributed by atoms with Gasteiger partial charge in [-0.05, 0) is 48.0 Å². The molecule has 1 heterocycles. The number of nitrogens with zero attached hydrogens (tertiary/aromatic N) is 1. The highest BCUT2D eigenvalue weighted by Gasteiger charge is 2.07. The monoisotopic (exact) mass is 378 g/mol. The van der Waals surface area contributed by atoms with Gasteiger partial charge in [0, 0.05) is 24.8 Å². The number of hydrogen-bond acceptors (Lipinski definition) is 4. The van der Waals surface area contributed by atoms with Gasteiger partial charge in [0.2, 0.25) is 5.91 Å². The summed E-state index contributed by atoms with van der Waals surface area (Å²) in [6, 6.07) is 16.5. The zero-order chi connectivity index (χ0) is 19.9. The van der Waals surface area contributed by atoms with Crippen LogP contribution >= 0.6 is 0 Å². The summed E-state index contributed by atoms with van der Waals surface area (Å²) in [5.74, 6) is -0.777. The van der Waals surface area contributed by atoms with Gasteiger partial charge < -0.3 is 16.0 Å². The number of aromatic nitrogens is 1. The number of halogens is 1. The Bertz CT molecular complexity index is 972. The summed E-state index contributed by atoms with van der Waals surface area (Å²) in [6.45, 7) is 1.74. The molecule has 3 aromatic rings. The van der Waals surface area contributed by atoms with Gasteiger partial charge in [-0.15, -0.1) is 0 Å². The molecule has 2 amide bonds. The van der Waals surface area contributed by atoms with Gasteiger partial charge >= 0.3 is 0 Å². The van der Waals surface area contributed by atoms with E-state index < -0.39 is 0 Å². The molecule has 0 saturated heterocycles. The van der Waals surface area contributed by atoms with Crippen molar-refractivity contribution in [1.82, 2.24) is 10.3 Å². The van der Waals surface area contributed by atoms with E-state index >= 15 is 0 Å². The summed E-state index contributed by atoms with van der Waals surface area (Å²) in [4.78, 5) is 27.5. The Morgan fingerprint density at radius 3 is 2.39 bits per heavy atom. The SMILES string of the molecule is CC(=O)Nc1cccc(Nc2ccc(C(=O)NCc3ccc(F)cc3)nc2)c1. The van der Waals surface area contributed by atoms with Crippen molar-refractivity contribution in [3.63, 3.8) is 0 Å². The van der Waals surface area contributed by atoms with E-state index in [-0.39, 0.29) is 29.9 Å². The molecule has 0 spiro atoms. The molecule has 0 aliphatic heterocycles. The minimum atomic E-state index is -0.317. The molecule has 0 radical (unpaired) electrons. The van der Waals surface area contributed by atoms with Gasteiger partial charge in [0.1, 0.15) is 11.5 Å². The lowest BCUT2D eigenvalue weighted by Gasteiger charge is -2.09. The molecule has 0 aliphatic rings. The molecule has 0 unspecified atom stereocenters. The van der Waals surface area contributed by atoms with Gasteiger partial charge in [0.25, 0.3) is 5.91 Å². The predicted octanol–water partition coefficient (Wildman–Crippen LogP) is 3.85. The normalized spacial score (nSPS) is 10.2. The van der Waals surface area contributed by atoms with Crippen molar-refractivity contribution >= 4 is 28.9 Å². The van der Waals surface area contributed by atoms with Crippen LogP contribution < -0.4 is 16.0 Å². The molecule has 28 heavy (non-hydrogen) atoms. The fraction of sp³-hybridized carbons (Fsp3) is 0.0952. The topological polar surface area (TPSA) is 83.1 Å². The Balaban J connectivity index is 1.59. The maximum Gasteiger partial charge on any atom is 0.270 e. The molecule has 7 heteroatoms. The third-order valence-corrected chi connectivity index (χ3v) is 3.83. The summed E-state index contributed by atoms with van der Waals surface area (Å²) < 4.78 is 12.9. The van der Waals surface area contributed by atoms with Crippen LogP contribution in [0.4, 0.5) is 21.5 Å². The van der Waals surface area contributed by atoms with Crippen LogP contribution in [0, 0.1) is 5.82 Å². The number of anilines is 3. The summed E-state index contributed by atoms with van der Waals surface area (Å²) in [5.41, 5.74) is 3.24. The van der Waals surface area contributed by atoms with Crippen LogP contribution in [0.1, 0.15) is 23.0 Å². The molecule has 3 N–H and O–H groups in total. The number of nitrogens with one attached hydrogen (secondary N) is 3. The van der Waals surface area contributed by atoms with Crippen LogP contribution in [0.3, 0.4) is 0 Å². The molecule has 1 aromatic heterocycles. The van der Waals surface area contributed by atoms with Gasteiger partial charge in [-0.25, -0.2) is 9.37 Å². The average Bonchev–Trinajstić information content (AvgIpc) is 2.68. The van der Waals surface area contributed by atoms with E-state index in [0.717, 1.165) is 11.3 Å². The second kappa shape index (κ2) is 8.77. The summed E-state index contributed by atoms with van der Waals surface area (Å²) in [7, 11) is 0. The van der Waals surface area contributed by atoms with Crippen molar-refractivity contribution in [2.45, 2.75) is 13.5 Å². The number of amides is 2. The van der Waals surface area contributed by atoms with Crippen LogP contribution in [0.5, 0.6) is 0 Å². The smallest absolute Gasteiger partial charge is 0.270 e. The number of rotatable bonds is 6. The van der Waals surface area contributed by atoms with Crippen molar-refractivity contribution in [3.05, 3.63) is 83.9 Å². The van der Waals surface area contributed by atoms with Crippen molar-refractivity contribution < 1.29 is 14.0 Å². The highest BCUT2D eigenvalue weighted by Crippen LogP contribution is 2.19. The fourth-order valence-corrected chi connectivity index (χ4v) is 2.52. The minimum absolute atomic E-state index is 0.144. The fourth-order valence-electron chi connectivity index (χ4n) is 2.52. The lowest BCUT2D eigenvalue weighted by Crippen LogP contribution is -2.23. The number of hydrogen-bond donors (Lipinski definition) is 3. The van der Waals surface area contributed by atoms with Crippen LogP contribution in [-0.4, -0.2) is 16.8 Å². The van der Waals surface area contributed by atoms with Crippen molar-refractivity contribution in [1.29, 1.82) is 0 Å². The number of benzene rings is 2. The third kappa shape index (κ3) is 5.38. The lowest BCUT2D eigenvalue weighted by molar-refractivity contribution is -0.114. The van der Waals surface area contributed by atoms with Gasteiger partial charge in [0.05, 0.1) is 11.9 Å². The molecule has 0 fully saturated rings. The Morgan fingerprint density at radius 1 is 0.964 bits per heavy atom. The molecular formula is C21H19FN4O2. The first-order chi connectivity index (χ1) is 13.5. The van der Waals surface area contributed by atoms with Crippen LogP contribution in [-0.2, 0) is 11.3 Å². The second-order valence-corrected chi connectivity index (χ2v) is 6.13. The third-order valence-electron chi connectivity index (χ3n) is 3.83. The van der Waals surface area contributed by atoms with Crippen molar-refractivity contribution in [2.75, 3.05) is 10.6 Å².